The van der Waals surface area contributed by atoms with Gasteiger partial charge in [0.15, 0.2) is 0 Å². The smallest absolute Gasteiger partial charge is 0.418 e. The summed E-state index contributed by atoms with van der Waals surface area (Å²) >= 11 is 3.19. The molecule has 4 rings (SSSR count). The second kappa shape index (κ2) is 12.1. The Kier molecular flexibility index (Phi) is 8.99. The third-order valence-electron chi connectivity index (χ3n) is 5.88. The van der Waals surface area contributed by atoms with Crippen LogP contribution in [0.15, 0.2) is 102 Å². The van der Waals surface area contributed by atoms with Gasteiger partial charge >= 0.3 is 12.4 Å². The molecule has 4 aromatic carbocycles. The van der Waals surface area contributed by atoms with Gasteiger partial charge < -0.3 is 9.84 Å². The van der Waals surface area contributed by atoms with Gasteiger partial charge in [0.05, 0.1) is 34.7 Å². The number of amides is 1. The van der Waals surface area contributed by atoms with Crippen LogP contribution >= 0.6 is 23.3 Å². The third-order valence-corrected chi connectivity index (χ3v) is 8.60. The molecule has 0 spiro atoms. The first-order chi connectivity index (χ1) is 19.2. The van der Waals surface area contributed by atoms with Gasteiger partial charge in [0.25, 0.3) is 13.3 Å². The summed E-state index contributed by atoms with van der Waals surface area (Å²) in [7, 11) is -3.64. The van der Waals surface area contributed by atoms with Crippen molar-refractivity contribution in [2.24, 2.45) is 0 Å². The van der Waals surface area contributed by atoms with Gasteiger partial charge in [-0.05, 0) is 47.5 Å². The molecule has 0 atom stereocenters. The van der Waals surface area contributed by atoms with Crippen molar-refractivity contribution < 1.29 is 40.2 Å². The molecule has 0 bridgehead atoms. The van der Waals surface area contributed by atoms with E-state index in [0.717, 1.165) is 0 Å². The van der Waals surface area contributed by atoms with Crippen LogP contribution in [0, 0.1) is 0 Å². The minimum atomic E-state index is -5.05. The Balaban J connectivity index is 1.73. The molecule has 0 saturated heterocycles. The van der Waals surface area contributed by atoms with E-state index in [2.05, 4.69) is 15.9 Å². The molecular weight excluding hydrogens is 635 g/mol. The summed E-state index contributed by atoms with van der Waals surface area (Å²) in [4.78, 5) is 13.3. The molecule has 0 heterocycles. The fourth-order valence-electron chi connectivity index (χ4n) is 4.04. The maximum atomic E-state index is 14.2. The summed E-state index contributed by atoms with van der Waals surface area (Å²) in [6, 6.07) is 22.4. The highest BCUT2D eigenvalue weighted by atomic mass is 79.9. The molecule has 0 radical (unpaired) electrons. The minimum absolute atomic E-state index is 0.0221. The predicted octanol–water partition coefficient (Wildman–Crippen LogP) is 9.80. The number of nitrogens with one attached hydrogen (secondary N) is 1. The maximum absolute atomic E-state index is 14.2. The van der Waals surface area contributed by atoms with E-state index in [4.69, 9.17) is 4.52 Å². The van der Waals surface area contributed by atoms with Gasteiger partial charge in [0.1, 0.15) is 5.75 Å². The molecule has 0 aliphatic rings. The summed E-state index contributed by atoms with van der Waals surface area (Å²) in [5.74, 6) is -1.39. The van der Waals surface area contributed by atoms with E-state index < -0.39 is 42.4 Å². The Morgan fingerprint density at radius 3 is 1.83 bits per heavy atom. The summed E-state index contributed by atoms with van der Waals surface area (Å²) < 4.78 is 101. The molecule has 0 saturated carbocycles. The van der Waals surface area contributed by atoms with Gasteiger partial charge in [-0.2, -0.15) is 26.3 Å². The highest BCUT2D eigenvalue weighted by Crippen LogP contribution is 2.54. The van der Waals surface area contributed by atoms with E-state index in [1.54, 1.807) is 60.7 Å². The molecule has 41 heavy (non-hydrogen) atoms. The van der Waals surface area contributed by atoms with Gasteiger partial charge in [-0.3, -0.25) is 9.36 Å². The number of carbonyl (C=O) groups is 1. The number of carbonyl (C=O) groups excluding carboxylic acids is 1. The van der Waals surface area contributed by atoms with E-state index >= 15 is 0 Å². The molecular formula is C29H21BrF6NO3P. The molecule has 0 aliphatic carbocycles. The zero-order valence-corrected chi connectivity index (χ0v) is 23.4. The van der Waals surface area contributed by atoms with Gasteiger partial charge in [0, 0.05) is 4.47 Å². The minimum Gasteiger partial charge on any atom is -0.441 e. The molecule has 1 amide bonds. The number of alkyl halides is 6. The van der Waals surface area contributed by atoms with Crippen molar-refractivity contribution in [2.45, 2.75) is 24.7 Å². The fraction of sp³-hybridized carbons (Fsp3) is 0.138. The van der Waals surface area contributed by atoms with Gasteiger partial charge in [-0.1, -0.05) is 76.6 Å². The summed E-state index contributed by atoms with van der Waals surface area (Å²) in [5, 5.41) is 1.95. The number of benzene rings is 4. The first-order valence-electron chi connectivity index (χ1n) is 12.0. The van der Waals surface area contributed by atoms with Crippen LogP contribution in [0.3, 0.4) is 0 Å². The monoisotopic (exact) mass is 655 g/mol. The Hall–Kier alpha value is -3.56. The molecule has 12 heteroatoms. The second-order valence-corrected chi connectivity index (χ2v) is 12.4. The summed E-state index contributed by atoms with van der Waals surface area (Å²) in [5.41, 5.74) is -2.87. The Morgan fingerprint density at radius 1 is 0.756 bits per heavy atom. The normalized spacial score (nSPS) is 12.2. The van der Waals surface area contributed by atoms with Crippen molar-refractivity contribution in [2.75, 3.05) is 5.32 Å². The summed E-state index contributed by atoms with van der Waals surface area (Å²) in [6.07, 6.45) is -10.0. The maximum Gasteiger partial charge on any atom is 0.418 e. The lowest BCUT2D eigenvalue weighted by molar-refractivity contribution is -0.140. The largest absolute Gasteiger partial charge is 0.441 e. The molecule has 0 aromatic heterocycles. The SMILES string of the molecule is O=C(Nc1cc(C(F)(F)F)ccc1C(F)(F)F)c1cc(Br)ccc1OP(=O)(Cc1ccccc1)Cc1ccccc1. The zero-order chi connectivity index (χ0) is 29.8. The first-order valence-corrected chi connectivity index (χ1v) is 14.8. The van der Waals surface area contributed by atoms with Crippen molar-refractivity contribution in [3.63, 3.8) is 0 Å². The molecule has 214 valence electrons. The topological polar surface area (TPSA) is 55.4 Å². The van der Waals surface area contributed by atoms with E-state index in [9.17, 15) is 35.7 Å². The fourth-order valence-corrected chi connectivity index (χ4v) is 6.70. The van der Waals surface area contributed by atoms with Gasteiger partial charge in [-0.15, -0.1) is 0 Å². The average Bonchev–Trinajstić information content (AvgIpc) is 2.89. The highest BCUT2D eigenvalue weighted by molar-refractivity contribution is 9.10. The molecule has 0 aliphatic heterocycles. The molecule has 0 fully saturated rings. The Labute approximate surface area is 239 Å². The Morgan fingerprint density at radius 2 is 1.32 bits per heavy atom. The van der Waals surface area contributed by atoms with Crippen molar-refractivity contribution in [3.05, 3.63) is 129 Å². The number of rotatable bonds is 8. The Bertz CT molecular complexity index is 1530. The third kappa shape index (κ3) is 8.01. The number of hydrogen-bond donors (Lipinski definition) is 1. The highest BCUT2D eigenvalue weighted by Gasteiger charge is 2.38. The van der Waals surface area contributed by atoms with Crippen LogP contribution in [-0.2, 0) is 29.2 Å². The van der Waals surface area contributed by atoms with Crippen molar-refractivity contribution in [1.82, 2.24) is 0 Å². The number of anilines is 1. The lowest BCUT2D eigenvalue weighted by atomic mass is 10.1. The predicted molar refractivity (Wildman–Crippen MR) is 147 cm³/mol. The van der Waals surface area contributed by atoms with Crippen LogP contribution in [0.25, 0.3) is 0 Å². The molecule has 0 unspecified atom stereocenters. The lowest BCUT2D eigenvalue weighted by Crippen LogP contribution is -2.19. The standard InChI is InChI=1S/C29H21BrF6NO3P/c30-22-12-14-26(40-41(39,17-19-7-3-1-4-8-19)18-20-9-5-2-6-10-20)23(16-22)27(38)37-25-15-21(28(31,32)33)11-13-24(25)29(34,35)36/h1-16H,17-18H2,(H,37,38). The molecule has 1 N–H and O–H groups in total. The quantitative estimate of drug-likeness (QED) is 0.152. The van der Waals surface area contributed by atoms with Crippen LogP contribution in [0.1, 0.15) is 32.6 Å². The van der Waals surface area contributed by atoms with Crippen LogP contribution in [0.2, 0.25) is 0 Å². The van der Waals surface area contributed by atoms with Crippen molar-refractivity contribution >= 4 is 34.9 Å². The molecule has 4 aromatic rings. The average molecular weight is 656 g/mol. The molecule has 4 nitrogen and oxygen atoms in total. The summed E-state index contributed by atoms with van der Waals surface area (Å²) in [6.45, 7) is 0. The van der Waals surface area contributed by atoms with Crippen LogP contribution in [0.4, 0.5) is 32.0 Å². The van der Waals surface area contributed by atoms with Crippen LogP contribution in [-0.4, -0.2) is 5.91 Å². The van der Waals surface area contributed by atoms with E-state index in [1.165, 1.54) is 18.2 Å². The van der Waals surface area contributed by atoms with E-state index in [-0.39, 0.29) is 41.8 Å². The lowest BCUT2D eigenvalue weighted by Gasteiger charge is -2.22. The van der Waals surface area contributed by atoms with E-state index in [1.807, 2.05) is 5.32 Å². The first kappa shape index (κ1) is 30.4. The van der Waals surface area contributed by atoms with Crippen LogP contribution < -0.4 is 9.84 Å². The van der Waals surface area contributed by atoms with Gasteiger partial charge in [0.2, 0.25) is 0 Å². The number of hydrogen-bond acceptors (Lipinski definition) is 3. The zero-order valence-electron chi connectivity index (χ0n) is 21.0. The van der Waals surface area contributed by atoms with Crippen molar-refractivity contribution in [3.8, 4) is 5.75 Å². The van der Waals surface area contributed by atoms with Gasteiger partial charge in [-0.25, -0.2) is 0 Å². The second-order valence-electron chi connectivity index (χ2n) is 9.04. The van der Waals surface area contributed by atoms with Crippen molar-refractivity contribution in [1.29, 1.82) is 0 Å². The van der Waals surface area contributed by atoms with Crippen LogP contribution in [0.5, 0.6) is 5.75 Å². The van der Waals surface area contributed by atoms with E-state index in [0.29, 0.717) is 15.6 Å². The number of halogens is 7.